The van der Waals surface area contributed by atoms with Crippen LogP contribution in [0.3, 0.4) is 0 Å². The third-order valence-electron chi connectivity index (χ3n) is 8.29. The number of ketones is 2. The van der Waals surface area contributed by atoms with Gasteiger partial charge in [-0.25, -0.2) is 0 Å². The Morgan fingerprint density at radius 2 is 1.88 bits per heavy atom. The quantitative estimate of drug-likeness (QED) is 0.677. The summed E-state index contributed by atoms with van der Waals surface area (Å²) in [5.41, 5.74) is 1.52. The van der Waals surface area contributed by atoms with Crippen LogP contribution in [-0.4, -0.2) is 11.6 Å². The summed E-state index contributed by atoms with van der Waals surface area (Å²) in [7, 11) is 0. The Balaban J connectivity index is 1.68. The van der Waals surface area contributed by atoms with Gasteiger partial charge in [0.2, 0.25) is 0 Å². The topological polar surface area (TPSA) is 34.1 Å². The van der Waals surface area contributed by atoms with Gasteiger partial charge in [0.1, 0.15) is 5.78 Å². The van der Waals surface area contributed by atoms with Crippen molar-refractivity contribution in [2.24, 2.45) is 34.5 Å². The smallest absolute Gasteiger partial charge is 0.159 e. The highest BCUT2D eigenvalue weighted by molar-refractivity contribution is 5.94. The fourth-order valence-corrected chi connectivity index (χ4v) is 6.92. The number of rotatable bonds is 2. The standard InChI is InChI=1S/C22H30O2/c1-4-5-14-13-22(3)15(12-19(14)23)6-7-16-17-8-9-20(24)21(17,2)11-10-18(16)22/h4,12,14,16-18H,1,5-11,13H2,2-3H3/t14?,16-,17-,18-,21-,22-/m0/s1. The van der Waals surface area contributed by atoms with E-state index < -0.39 is 0 Å². The van der Waals surface area contributed by atoms with Gasteiger partial charge >= 0.3 is 0 Å². The van der Waals surface area contributed by atoms with Gasteiger partial charge in [0.05, 0.1) is 0 Å². The second-order valence-electron chi connectivity index (χ2n) is 9.25. The summed E-state index contributed by atoms with van der Waals surface area (Å²) in [5, 5.41) is 0. The minimum Gasteiger partial charge on any atom is -0.299 e. The third-order valence-corrected chi connectivity index (χ3v) is 8.29. The minimum atomic E-state index is -0.0518. The number of carbonyl (C=O) groups excluding carboxylic acids is 2. The van der Waals surface area contributed by atoms with E-state index in [9.17, 15) is 9.59 Å². The predicted molar refractivity (Wildman–Crippen MR) is 95.4 cm³/mol. The molecule has 2 nitrogen and oxygen atoms in total. The highest BCUT2D eigenvalue weighted by atomic mass is 16.1. The molecule has 3 saturated carbocycles. The molecule has 0 saturated heterocycles. The lowest BCUT2D eigenvalue weighted by Gasteiger charge is -2.57. The van der Waals surface area contributed by atoms with E-state index in [4.69, 9.17) is 0 Å². The summed E-state index contributed by atoms with van der Waals surface area (Å²) in [4.78, 5) is 24.9. The fraction of sp³-hybridized carbons (Fsp3) is 0.727. The van der Waals surface area contributed by atoms with Crippen molar-refractivity contribution in [1.82, 2.24) is 0 Å². The van der Waals surface area contributed by atoms with E-state index >= 15 is 0 Å². The maximum absolute atomic E-state index is 12.5. The van der Waals surface area contributed by atoms with Crippen LogP contribution in [0.5, 0.6) is 0 Å². The van der Waals surface area contributed by atoms with Crippen LogP contribution in [0.1, 0.15) is 65.2 Å². The van der Waals surface area contributed by atoms with Gasteiger partial charge in [-0.05, 0) is 74.2 Å². The first-order valence-electron chi connectivity index (χ1n) is 9.79. The Bertz CT molecular complexity index is 630. The number of hydrogen-bond donors (Lipinski definition) is 0. The predicted octanol–water partition coefficient (Wildman–Crippen LogP) is 4.89. The number of carbonyl (C=O) groups is 2. The molecule has 0 aromatic heterocycles. The van der Waals surface area contributed by atoms with Crippen LogP contribution in [0, 0.1) is 34.5 Å². The fourth-order valence-electron chi connectivity index (χ4n) is 6.92. The maximum atomic E-state index is 12.5. The molecule has 4 rings (SSSR count). The van der Waals surface area contributed by atoms with Gasteiger partial charge in [0.25, 0.3) is 0 Å². The minimum absolute atomic E-state index is 0.0518. The molecule has 4 aliphatic carbocycles. The maximum Gasteiger partial charge on any atom is 0.159 e. The zero-order chi connectivity index (χ0) is 17.1. The molecule has 6 atom stereocenters. The van der Waals surface area contributed by atoms with E-state index in [1.165, 1.54) is 12.0 Å². The van der Waals surface area contributed by atoms with Crippen LogP contribution in [0.15, 0.2) is 24.3 Å². The Morgan fingerprint density at radius 1 is 1.12 bits per heavy atom. The monoisotopic (exact) mass is 326 g/mol. The first-order valence-corrected chi connectivity index (χ1v) is 9.79. The highest BCUT2D eigenvalue weighted by Gasteiger charge is 2.59. The van der Waals surface area contributed by atoms with Gasteiger partial charge in [0, 0.05) is 17.8 Å². The molecule has 0 bridgehead atoms. The molecule has 1 unspecified atom stereocenters. The third kappa shape index (κ3) is 2.07. The van der Waals surface area contributed by atoms with Gasteiger partial charge in [0.15, 0.2) is 5.78 Å². The molecule has 3 fully saturated rings. The molecule has 130 valence electrons. The van der Waals surface area contributed by atoms with Gasteiger partial charge in [-0.3, -0.25) is 9.59 Å². The van der Waals surface area contributed by atoms with E-state index in [1.807, 2.05) is 12.2 Å². The molecular formula is C22H30O2. The molecule has 2 heteroatoms. The van der Waals surface area contributed by atoms with Crippen molar-refractivity contribution in [2.75, 3.05) is 0 Å². The van der Waals surface area contributed by atoms with Crippen LogP contribution >= 0.6 is 0 Å². The number of Topliss-reactive ketones (excluding diaryl/α,β-unsaturated/α-hetero) is 1. The largest absolute Gasteiger partial charge is 0.299 e. The molecule has 0 aromatic rings. The second-order valence-corrected chi connectivity index (χ2v) is 9.25. The summed E-state index contributed by atoms with van der Waals surface area (Å²) in [6.45, 7) is 8.50. The second kappa shape index (κ2) is 5.41. The van der Waals surface area contributed by atoms with Crippen molar-refractivity contribution in [3.8, 4) is 0 Å². The highest BCUT2D eigenvalue weighted by Crippen LogP contribution is 2.64. The Hall–Kier alpha value is -1.18. The van der Waals surface area contributed by atoms with E-state index in [1.54, 1.807) is 0 Å². The molecular weight excluding hydrogens is 296 g/mol. The summed E-state index contributed by atoms with van der Waals surface area (Å²) in [6.07, 6.45) is 12.0. The molecule has 0 aromatic carbocycles. The Labute approximate surface area is 145 Å². The number of allylic oxidation sites excluding steroid dienone is 2. The molecule has 4 aliphatic rings. The summed E-state index contributed by atoms with van der Waals surface area (Å²) in [6, 6.07) is 0. The zero-order valence-electron chi connectivity index (χ0n) is 15.1. The summed E-state index contributed by atoms with van der Waals surface area (Å²) >= 11 is 0. The van der Waals surface area contributed by atoms with Crippen molar-refractivity contribution in [3.05, 3.63) is 24.3 Å². The van der Waals surface area contributed by atoms with Gasteiger partial charge in [-0.15, -0.1) is 6.58 Å². The van der Waals surface area contributed by atoms with Crippen LogP contribution < -0.4 is 0 Å². The Kier molecular flexibility index (Phi) is 3.67. The van der Waals surface area contributed by atoms with Crippen molar-refractivity contribution in [1.29, 1.82) is 0 Å². The molecule has 0 spiro atoms. The SMILES string of the molecule is C=CCC1C[C@@]2(C)C(=CC1=O)CC[C@@H]1[C@@H]2CC[C@]2(C)C(=O)CC[C@@H]12. The summed E-state index contributed by atoms with van der Waals surface area (Å²) < 4.78 is 0. The normalized spacial score (nSPS) is 47.5. The first kappa shape index (κ1) is 16.3. The van der Waals surface area contributed by atoms with Crippen LogP contribution in [-0.2, 0) is 9.59 Å². The lowest BCUT2D eigenvalue weighted by Crippen LogP contribution is -2.51. The molecule has 24 heavy (non-hydrogen) atoms. The number of fused-ring (bicyclic) bond motifs is 5. The van der Waals surface area contributed by atoms with Crippen LogP contribution in [0.25, 0.3) is 0 Å². The van der Waals surface area contributed by atoms with Gasteiger partial charge in [-0.2, -0.15) is 0 Å². The average molecular weight is 326 g/mol. The molecule has 0 amide bonds. The molecule has 0 aliphatic heterocycles. The van der Waals surface area contributed by atoms with Crippen molar-refractivity contribution < 1.29 is 9.59 Å². The molecule has 0 heterocycles. The van der Waals surface area contributed by atoms with Gasteiger partial charge < -0.3 is 0 Å². The lowest BCUT2D eigenvalue weighted by atomic mass is 9.46. The van der Waals surface area contributed by atoms with Crippen molar-refractivity contribution >= 4 is 11.6 Å². The molecule has 0 radical (unpaired) electrons. The van der Waals surface area contributed by atoms with Gasteiger partial charge in [-0.1, -0.05) is 25.5 Å². The van der Waals surface area contributed by atoms with Crippen LogP contribution in [0.4, 0.5) is 0 Å². The van der Waals surface area contributed by atoms with E-state index in [2.05, 4.69) is 20.4 Å². The zero-order valence-corrected chi connectivity index (χ0v) is 15.1. The van der Waals surface area contributed by atoms with E-state index in [0.717, 1.165) is 44.9 Å². The van der Waals surface area contributed by atoms with Crippen LogP contribution in [0.2, 0.25) is 0 Å². The number of hydrogen-bond acceptors (Lipinski definition) is 2. The summed E-state index contributed by atoms with van der Waals surface area (Å²) in [5.74, 6) is 2.86. The lowest BCUT2D eigenvalue weighted by molar-refractivity contribution is -0.133. The molecule has 0 N–H and O–H groups in total. The average Bonchev–Trinajstić information content (AvgIpc) is 2.85. The Morgan fingerprint density at radius 3 is 2.62 bits per heavy atom. The first-order chi connectivity index (χ1) is 11.4. The van der Waals surface area contributed by atoms with E-state index in [0.29, 0.717) is 29.3 Å². The van der Waals surface area contributed by atoms with Crippen molar-refractivity contribution in [3.63, 3.8) is 0 Å². The van der Waals surface area contributed by atoms with E-state index in [-0.39, 0.29) is 16.7 Å². The van der Waals surface area contributed by atoms with Crippen molar-refractivity contribution in [2.45, 2.75) is 65.2 Å².